The summed E-state index contributed by atoms with van der Waals surface area (Å²) in [6, 6.07) is 11.0. The van der Waals surface area contributed by atoms with Gasteiger partial charge in [0.15, 0.2) is 0 Å². The Morgan fingerprint density at radius 1 is 1.20 bits per heavy atom. The first-order valence-corrected chi connectivity index (χ1v) is 9.04. The molecule has 1 unspecified atom stereocenters. The van der Waals surface area contributed by atoms with E-state index in [1.54, 1.807) is 24.5 Å². The van der Waals surface area contributed by atoms with Gasteiger partial charge in [-0.25, -0.2) is 0 Å². The number of aromatic nitrogens is 2. The molecule has 4 nitrogen and oxygen atoms in total. The summed E-state index contributed by atoms with van der Waals surface area (Å²) in [6.07, 6.45) is 2.39. The summed E-state index contributed by atoms with van der Waals surface area (Å²) >= 11 is 8.85. The van der Waals surface area contributed by atoms with Crippen molar-refractivity contribution in [3.63, 3.8) is 0 Å². The van der Waals surface area contributed by atoms with E-state index in [0.29, 0.717) is 26.9 Å². The van der Waals surface area contributed by atoms with Crippen LogP contribution in [0.2, 0.25) is 4.34 Å². The van der Waals surface area contributed by atoms with Gasteiger partial charge in [0.05, 0.1) is 9.21 Å². The molecular formula is C17H10ClN2O2S2U-. The smallest absolute Gasteiger partial charge is 0.129 e. The fraction of sp³-hybridized carbons (Fsp3) is 0.0588. The van der Waals surface area contributed by atoms with Crippen molar-refractivity contribution in [2.45, 2.75) is 6.10 Å². The summed E-state index contributed by atoms with van der Waals surface area (Å²) in [5.74, 6) is 0.539. The maximum absolute atomic E-state index is 10.9. The second-order valence-electron chi connectivity index (χ2n) is 4.98. The molecular weight excluding hydrogens is 602 g/mol. The molecule has 0 aliphatic heterocycles. The summed E-state index contributed by atoms with van der Waals surface area (Å²) in [7, 11) is 0. The number of hydrogen-bond donors (Lipinski definition) is 1. The van der Waals surface area contributed by atoms with Crippen LogP contribution in [0.1, 0.15) is 17.2 Å². The third-order valence-electron chi connectivity index (χ3n) is 3.50. The zero-order valence-corrected chi connectivity index (χ0v) is 19.2. The Bertz CT molecular complexity index is 954. The molecule has 0 saturated carbocycles. The zero-order chi connectivity index (χ0) is 16.5. The summed E-state index contributed by atoms with van der Waals surface area (Å²) < 4.78 is 6.22. The average molecular weight is 612 g/mol. The van der Waals surface area contributed by atoms with Gasteiger partial charge in [-0.1, -0.05) is 27.7 Å². The topological polar surface area (TPSA) is 59.2 Å². The summed E-state index contributed by atoms with van der Waals surface area (Å²) in [6.45, 7) is 0. The molecule has 0 aliphatic rings. The molecule has 4 heterocycles. The first kappa shape index (κ1) is 18.8. The first-order chi connectivity index (χ1) is 11.7. The Hall–Kier alpha value is -0.938. The quantitative estimate of drug-likeness (QED) is 0.328. The number of pyridine rings is 1. The maximum atomic E-state index is 10.9. The van der Waals surface area contributed by atoms with Crippen LogP contribution >= 0.6 is 34.3 Å². The van der Waals surface area contributed by atoms with Crippen molar-refractivity contribution in [3.8, 4) is 21.2 Å². The van der Waals surface area contributed by atoms with Gasteiger partial charge in [-0.2, -0.15) is 12.1 Å². The van der Waals surface area contributed by atoms with Crippen LogP contribution in [-0.4, -0.2) is 15.2 Å². The Balaban J connectivity index is 0.00000182. The molecule has 1 atom stereocenters. The first-order valence-electron chi connectivity index (χ1n) is 7.03. The normalized spacial score (nSPS) is 11.9. The van der Waals surface area contributed by atoms with Crippen molar-refractivity contribution in [1.82, 2.24) is 10.1 Å². The van der Waals surface area contributed by atoms with Crippen LogP contribution in [0.3, 0.4) is 0 Å². The summed E-state index contributed by atoms with van der Waals surface area (Å²) in [5, 5.41) is 18.2. The Kier molecular flexibility index (Phi) is 6.16. The molecule has 4 aromatic heterocycles. The largest absolute Gasteiger partial charge is 0.383 e. The molecule has 8 heteroatoms. The second-order valence-corrected chi connectivity index (χ2v) is 7.58. The van der Waals surface area contributed by atoms with E-state index >= 15 is 0 Å². The van der Waals surface area contributed by atoms with Crippen LogP contribution in [0.5, 0.6) is 0 Å². The molecule has 0 saturated heterocycles. The van der Waals surface area contributed by atoms with Gasteiger partial charge in [-0.3, -0.25) is 16.3 Å². The van der Waals surface area contributed by atoms with Crippen LogP contribution in [0.25, 0.3) is 21.2 Å². The second kappa shape index (κ2) is 8.17. The maximum Gasteiger partial charge on any atom is 0.129 e. The molecule has 0 aliphatic carbocycles. The van der Waals surface area contributed by atoms with Crippen LogP contribution in [0.15, 0.2) is 53.3 Å². The molecule has 4 aromatic rings. The molecule has 0 radical (unpaired) electrons. The Morgan fingerprint density at radius 3 is 2.72 bits per heavy atom. The Labute approximate surface area is 180 Å². The van der Waals surface area contributed by atoms with Crippen LogP contribution in [0.4, 0.5) is 0 Å². The third-order valence-corrected chi connectivity index (χ3v) is 5.54. The van der Waals surface area contributed by atoms with E-state index in [1.165, 1.54) is 22.7 Å². The minimum Gasteiger partial charge on any atom is -0.383 e. The van der Waals surface area contributed by atoms with Gasteiger partial charge in [0.1, 0.15) is 17.6 Å². The van der Waals surface area contributed by atoms with Crippen molar-refractivity contribution in [2.24, 2.45) is 0 Å². The van der Waals surface area contributed by atoms with Gasteiger partial charge in [-0.15, -0.1) is 16.7 Å². The number of halogens is 1. The van der Waals surface area contributed by atoms with Gasteiger partial charge in [-0.05, 0) is 18.2 Å². The number of aliphatic hydroxyl groups excluding tert-OH is 1. The van der Waals surface area contributed by atoms with Crippen molar-refractivity contribution >= 4 is 34.3 Å². The number of nitrogens with zero attached hydrogens (tertiary/aromatic N) is 2. The van der Waals surface area contributed by atoms with E-state index in [0.717, 1.165) is 9.75 Å². The summed E-state index contributed by atoms with van der Waals surface area (Å²) in [5.41, 5.74) is 1.87. The molecule has 124 valence electrons. The van der Waals surface area contributed by atoms with Crippen LogP contribution in [0, 0.1) is 36.5 Å². The van der Waals surface area contributed by atoms with Crippen molar-refractivity contribution < 1.29 is 40.7 Å². The molecule has 4 rings (SSSR count). The van der Waals surface area contributed by atoms with Gasteiger partial charge >= 0.3 is 0 Å². The molecule has 25 heavy (non-hydrogen) atoms. The fourth-order valence-electron chi connectivity index (χ4n) is 2.42. The molecule has 0 spiro atoms. The van der Waals surface area contributed by atoms with E-state index in [9.17, 15) is 5.11 Å². The Morgan fingerprint density at radius 2 is 2.08 bits per heavy atom. The molecule has 0 bridgehead atoms. The number of hydrogen-bond acceptors (Lipinski definition) is 6. The standard InChI is InChI=1S/C17H10ClN2O2S2.U/c18-13-6-5-11(24-13)15-14(16(21)10-3-1-7-19-9-10)17(22-20-15)12-4-2-8-23-12;/h1-7,9,16,21H;/q-1;. The predicted molar refractivity (Wildman–Crippen MR) is 95.3 cm³/mol. The van der Waals surface area contributed by atoms with E-state index in [4.69, 9.17) is 16.1 Å². The molecule has 0 fully saturated rings. The molecule has 0 aromatic carbocycles. The van der Waals surface area contributed by atoms with Crippen LogP contribution in [-0.2, 0) is 0 Å². The van der Waals surface area contributed by atoms with E-state index < -0.39 is 6.10 Å². The monoisotopic (exact) mass is 611 g/mol. The predicted octanol–water partition coefficient (Wildman–Crippen LogP) is 5.06. The van der Waals surface area contributed by atoms with E-state index in [-0.39, 0.29) is 31.1 Å². The number of aliphatic hydroxyl groups is 1. The number of rotatable bonds is 4. The van der Waals surface area contributed by atoms with Crippen molar-refractivity contribution in [3.05, 3.63) is 69.6 Å². The van der Waals surface area contributed by atoms with E-state index in [1.807, 2.05) is 24.3 Å². The van der Waals surface area contributed by atoms with Crippen molar-refractivity contribution in [2.75, 3.05) is 0 Å². The van der Waals surface area contributed by atoms with Crippen molar-refractivity contribution in [1.29, 1.82) is 0 Å². The fourth-order valence-corrected chi connectivity index (χ4v) is 4.09. The average Bonchev–Trinajstić information content (AvgIpc) is 3.34. The summed E-state index contributed by atoms with van der Waals surface area (Å²) in [4.78, 5) is 5.78. The zero-order valence-electron chi connectivity index (χ0n) is 12.6. The SMILES string of the molecule is OC(c1cccnc1)c1c(-c2ccc(Cl)s2)noc1-c1cc[c-]s1.[U]. The molecule has 0 amide bonds. The minimum absolute atomic E-state index is 0. The minimum atomic E-state index is -0.905. The van der Waals surface area contributed by atoms with E-state index in [2.05, 4.69) is 15.5 Å². The molecule has 1 N–H and O–H groups in total. The number of thiophene rings is 2. The van der Waals surface area contributed by atoms with Gasteiger partial charge < -0.3 is 9.63 Å². The van der Waals surface area contributed by atoms with Gasteiger partial charge in [0.25, 0.3) is 0 Å². The van der Waals surface area contributed by atoms with Crippen LogP contribution < -0.4 is 0 Å². The van der Waals surface area contributed by atoms with Gasteiger partial charge in [0, 0.05) is 54.6 Å². The third kappa shape index (κ3) is 3.77. The van der Waals surface area contributed by atoms with Gasteiger partial charge in [0.2, 0.25) is 0 Å².